The Balaban J connectivity index is 1.79. The number of aromatic nitrogens is 2. The molecule has 2 aliphatic heterocycles. The number of nitrogens with zero attached hydrogens (tertiary/aromatic N) is 3. The second-order valence-electron chi connectivity index (χ2n) is 7.49. The minimum atomic E-state index is -1.30. The summed E-state index contributed by atoms with van der Waals surface area (Å²) in [6.07, 6.45) is 0. The van der Waals surface area contributed by atoms with Gasteiger partial charge in [-0.15, -0.1) is 11.8 Å². The molecule has 0 unspecified atom stereocenters. The summed E-state index contributed by atoms with van der Waals surface area (Å²) in [6.45, 7) is 3.57. The Morgan fingerprint density at radius 2 is 1.67 bits per heavy atom. The van der Waals surface area contributed by atoms with Gasteiger partial charge in [-0.05, 0) is 32.0 Å². The minimum Gasteiger partial charge on any atom is -0.323 e. The molecule has 3 heterocycles. The fourth-order valence-corrected chi connectivity index (χ4v) is 5.80. The normalized spacial score (nSPS) is 22.6. The molecule has 1 aromatic heterocycles. The number of nitrogens with one attached hydrogen (secondary N) is 1. The number of carbonyl (C=O) groups is 2. The van der Waals surface area contributed by atoms with E-state index in [9.17, 15) is 14.4 Å². The molecule has 8 heteroatoms. The Morgan fingerprint density at radius 3 is 2.40 bits per heavy atom. The Bertz CT molecular complexity index is 1260. The molecule has 30 heavy (non-hydrogen) atoms. The minimum absolute atomic E-state index is 0.232. The molecule has 2 aromatic carbocycles. The van der Waals surface area contributed by atoms with E-state index in [0.717, 1.165) is 0 Å². The van der Waals surface area contributed by atoms with Crippen LogP contribution in [-0.4, -0.2) is 26.4 Å². The lowest BCUT2D eigenvalue weighted by molar-refractivity contribution is -0.122. The predicted molar refractivity (Wildman–Crippen MR) is 117 cm³/mol. The second kappa shape index (κ2) is 6.37. The van der Waals surface area contributed by atoms with Crippen LogP contribution in [0.1, 0.15) is 18.2 Å². The lowest BCUT2D eigenvalue weighted by Gasteiger charge is -2.31. The van der Waals surface area contributed by atoms with E-state index in [0.29, 0.717) is 22.6 Å². The monoisotopic (exact) mass is 420 g/mol. The SMILES string of the molecule is Cc1c(N2C(=O)[C@@H](C)S[C@]23C(=O)Nc2ccccc23)c(=O)n(-c2ccccc2)n1C. The lowest BCUT2D eigenvalue weighted by Crippen LogP contribution is -2.49. The van der Waals surface area contributed by atoms with Crippen molar-refractivity contribution >= 4 is 35.0 Å². The van der Waals surface area contributed by atoms with Crippen LogP contribution in [0.2, 0.25) is 0 Å². The van der Waals surface area contributed by atoms with Crippen molar-refractivity contribution in [1.82, 2.24) is 9.36 Å². The Hall–Kier alpha value is -3.26. The molecule has 2 aliphatic rings. The number of benzene rings is 2. The smallest absolute Gasteiger partial charge is 0.295 e. The van der Waals surface area contributed by atoms with E-state index in [1.54, 1.807) is 25.6 Å². The Morgan fingerprint density at radius 1 is 1.00 bits per heavy atom. The molecule has 2 atom stereocenters. The Labute approximate surface area is 177 Å². The highest BCUT2D eigenvalue weighted by molar-refractivity contribution is 8.03. The van der Waals surface area contributed by atoms with E-state index in [1.165, 1.54) is 21.3 Å². The van der Waals surface area contributed by atoms with E-state index >= 15 is 0 Å². The van der Waals surface area contributed by atoms with Gasteiger partial charge in [0.2, 0.25) is 10.8 Å². The molecule has 5 rings (SSSR count). The van der Waals surface area contributed by atoms with Crippen LogP contribution < -0.4 is 15.8 Å². The molecular formula is C22H20N4O3S. The maximum atomic E-state index is 13.6. The lowest BCUT2D eigenvalue weighted by atomic mass is 10.0. The number of carbonyl (C=O) groups excluding carboxylic acids is 2. The third-order valence-corrected chi connectivity index (χ3v) is 7.31. The topological polar surface area (TPSA) is 76.3 Å². The van der Waals surface area contributed by atoms with Crippen LogP contribution in [0.3, 0.4) is 0 Å². The number of fused-ring (bicyclic) bond motifs is 2. The number of amides is 2. The number of rotatable bonds is 2. The van der Waals surface area contributed by atoms with Gasteiger partial charge in [-0.25, -0.2) is 4.68 Å². The molecule has 152 valence electrons. The first-order valence-corrected chi connectivity index (χ1v) is 10.5. The summed E-state index contributed by atoms with van der Waals surface area (Å²) >= 11 is 1.27. The number of hydrogen-bond acceptors (Lipinski definition) is 4. The fraction of sp³-hybridized carbons (Fsp3) is 0.227. The standard InChI is InChI=1S/C22H20N4O3S/c1-13-18(20(28)26(24(13)3)15-9-5-4-6-10-15)25-19(27)14(2)30-22(25)16-11-7-8-12-17(16)23-21(22)29/h4-12,14H,1-3H3,(H,23,29)/t14-,22-/m1/s1. The molecule has 0 saturated carbocycles. The van der Waals surface area contributed by atoms with Gasteiger partial charge in [-0.2, -0.15) is 0 Å². The summed E-state index contributed by atoms with van der Waals surface area (Å²) in [6, 6.07) is 16.6. The van der Waals surface area contributed by atoms with E-state index in [4.69, 9.17) is 0 Å². The number of anilines is 2. The van der Waals surface area contributed by atoms with Crippen molar-refractivity contribution in [3.05, 3.63) is 76.2 Å². The molecule has 3 aromatic rings. The van der Waals surface area contributed by atoms with Crippen molar-refractivity contribution in [2.45, 2.75) is 24.0 Å². The van der Waals surface area contributed by atoms with Crippen molar-refractivity contribution in [3.8, 4) is 5.69 Å². The molecule has 1 fully saturated rings. The summed E-state index contributed by atoms with van der Waals surface area (Å²) in [5.74, 6) is -0.557. The number of para-hydroxylation sites is 2. The van der Waals surface area contributed by atoms with Crippen molar-refractivity contribution in [3.63, 3.8) is 0 Å². The van der Waals surface area contributed by atoms with E-state index in [2.05, 4.69) is 5.32 Å². The van der Waals surface area contributed by atoms with E-state index in [-0.39, 0.29) is 23.1 Å². The van der Waals surface area contributed by atoms with Crippen LogP contribution in [0.5, 0.6) is 0 Å². The van der Waals surface area contributed by atoms with Crippen molar-refractivity contribution in [1.29, 1.82) is 0 Å². The van der Waals surface area contributed by atoms with Gasteiger partial charge >= 0.3 is 0 Å². The maximum Gasteiger partial charge on any atom is 0.295 e. The summed E-state index contributed by atoms with van der Waals surface area (Å²) < 4.78 is 3.25. The van der Waals surface area contributed by atoms with E-state index in [1.807, 2.05) is 54.6 Å². The van der Waals surface area contributed by atoms with Crippen molar-refractivity contribution in [2.75, 3.05) is 10.2 Å². The fourth-order valence-electron chi connectivity index (χ4n) is 4.33. The summed E-state index contributed by atoms with van der Waals surface area (Å²) in [5, 5.41) is 2.43. The highest BCUT2D eigenvalue weighted by Gasteiger charge is 2.62. The van der Waals surface area contributed by atoms with E-state index < -0.39 is 10.1 Å². The molecule has 1 N–H and O–H groups in total. The maximum absolute atomic E-state index is 13.6. The summed E-state index contributed by atoms with van der Waals surface area (Å²) in [7, 11) is 1.78. The highest BCUT2D eigenvalue weighted by atomic mass is 32.2. The molecule has 0 aliphatic carbocycles. The molecule has 1 saturated heterocycles. The molecule has 0 radical (unpaired) electrons. The average molecular weight is 420 g/mol. The third kappa shape index (κ3) is 2.25. The van der Waals surface area contributed by atoms with Gasteiger partial charge in [0.05, 0.1) is 16.6 Å². The highest BCUT2D eigenvalue weighted by Crippen LogP contribution is 2.55. The van der Waals surface area contributed by atoms with Crippen LogP contribution in [0.15, 0.2) is 59.4 Å². The Kier molecular flexibility index (Phi) is 3.98. The zero-order valence-electron chi connectivity index (χ0n) is 16.7. The van der Waals surface area contributed by atoms with Crippen LogP contribution in [0.25, 0.3) is 5.69 Å². The first kappa shape index (κ1) is 18.7. The van der Waals surface area contributed by atoms with Gasteiger partial charge in [-0.3, -0.25) is 24.0 Å². The zero-order chi connectivity index (χ0) is 21.2. The molecule has 1 spiro atoms. The summed E-state index contributed by atoms with van der Waals surface area (Å²) in [4.78, 5) is 40.4. The molecule has 7 nitrogen and oxygen atoms in total. The van der Waals surface area contributed by atoms with Gasteiger partial charge < -0.3 is 5.32 Å². The number of hydrogen-bond donors (Lipinski definition) is 1. The van der Waals surface area contributed by atoms with Crippen LogP contribution in [0.4, 0.5) is 11.4 Å². The number of thioether (sulfide) groups is 1. The average Bonchev–Trinajstić information content (AvgIpc) is 3.25. The molecule has 2 amide bonds. The molecular weight excluding hydrogens is 400 g/mol. The van der Waals surface area contributed by atoms with Crippen molar-refractivity contribution in [2.24, 2.45) is 7.05 Å². The van der Waals surface area contributed by atoms with Gasteiger partial charge in [0.15, 0.2) is 0 Å². The van der Waals surface area contributed by atoms with Gasteiger partial charge in [-0.1, -0.05) is 36.4 Å². The zero-order valence-corrected chi connectivity index (χ0v) is 17.6. The van der Waals surface area contributed by atoms with Gasteiger partial charge in [0.25, 0.3) is 11.5 Å². The molecule has 0 bridgehead atoms. The predicted octanol–water partition coefficient (Wildman–Crippen LogP) is 2.76. The first-order valence-electron chi connectivity index (χ1n) is 9.65. The third-order valence-electron chi connectivity index (χ3n) is 5.83. The van der Waals surface area contributed by atoms with Crippen LogP contribution in [-0.2, 0) is 21.5 Å². The van der Waals surface area contributed by atoms with Crippen molar-refractivity contribution < 1.29 is 9.59 Å². The van der Waals surface area contributed by atoms with Crippen LogP contribution in [0, 0.1) is 6.92 Å². The van der Waals surface area contributed by atoms with Crippen LogP contribution >= 0.6 is 11.8 Å². The first-order chi connectivity index (χ1) is 14.4. The van der Waals surface area contributed by atoms with Gasteiger partial charge in [0.1, 0.15) is 5.69 Å². The largest absolute Gasteiger partial charge is 0.323 e. The summed E-state index contributed by atoms with van der Waals surface area (Å²) in [5.41, 5.74) is 2.57. The van der Waals surface area contributed by atoms with Gasteiger partial charge in [0, 0.05) is 18.3 Å². The quantitative estimate of drug-likeness (QED) is 0.692. The second-order valence-corrected chi connectivity index (χ2v) is 9.02.